The van der Waals surface area contributed by atoms with Crippen LogP contribution in [0.4, 0.5) is 19.4 Å². The Kier molecular flexibility index (Phi) is 6.62. The average molecular weight is 448 g/mol. The fraction of sp³-hybridized carbons (Fsp3) is 0.450. The Hall–Kier alpha value is -2.79. The molecule has 3 aromatic rings. The van der Waals surface area contributed by atoms with E-state index in [4.69, 9.17) is 0 Å². The van der Waals surface area contributed by atoms with Gasteiger partial charge in [0.2, 0.25) is 0 Å². The van der Waals surface area contributed by atoms with E-state index in [1.54, 1.807) is 11.0 Å². The molecule has 1 aliphatic heterocycles. The third kappa shape index (κ3) is 5.10. The van der Waals surface area contributed by atoms with Gasteiger partial charge in [0.15, 0.2) is 5.82 Å². The third-order valence-electron chi connectivity index (χ3n) is 5.22. The molecule has 3 heterocycles. The molecule has 2 amide bonds. The third-order valence-corrected chi connectivity index (χ3v) is 6.11. The van der Waals surface area contributed by atoms with Crippen molar-refractivity contribution in [3.63, 3.8) is 0 Å². The zero-order valence-corrected chi connectivity index (χ0v) is 17.8. The predicted molar refractivity (Wildman–Crippen MR) is 116 cm³/mol. The molecule has 4 rings (SSSR count). The molecule has 0 aliphatic carbocycles. The van der Waals surface area contributed by atoms with Gasteiger partial charge in [0, 0.05) is 30.1 Å². The molecule has 1 saturated heterocycles. The van der Waals surface area contributed by atoms with Crippen LogP contribution in [-0.2, 0) is 0 Å². The molecule has 0 saturated carbocycles. The molecule has 2 N–H and O–H groups in total. The van der Waals surface area contributed by atoms with Crippen molar-refractivity contribution in [1.29, 1.82) is 0 Å². The molecule has 0 unspecified atom stereocenters. The summed E-state index contributed by atoms with van der Waals surface area (Å²) in [5, 5.41) is 24.8. The minimum absolute atomic E-state index is 0.00317. The van der Waals surface area contributed by atoms with E-state index in [0.29, 0.717) is 37.3 Å². The molecule has 0 spiro atoms. The molecule has 31 heavy (non-hydrogen) atoms. The van der Waals surface area contributed by atoms with Crippen LogP contribution in [0.2, 0.25) is 0 Å². The normalized spacial score (nSPS) is 15.0. The molecule has 11 heteroatoms. The van der Waals surface area contributed by atoms with Gasteiger partial charge in [0.05, 0.1) is 11.6 Å². The van der Waals surface area contributed by atoms with Crippen LogP contribution >= 0.6 is 11.3 Å². The molecular weight excluding hydrogens is 424 g/mol. The lowest BCUT2D eigenvalue weighted by molar-refractivity contribution is 0.179. The van der Waals surface area contributed by atoms with Gasteiger partial charge in [-0.1, -0.05) is 11.3 Å². The summed E-state index contributed by atoms with van der Waals surface area (Å²) in [6.45, 7) is 1.42. The van der Waals surface area contributed by atoms with Crippen molar-refractivity contribution >= 4 is 34.1 Å². The van der Waals surface area contributed by atoms with E-state index in [2.05, 4.69) is 31.0 Å². The van der Waals surface area contributed by atoms with Crippen molar-refractivity contribution in [3.05, 3.63) is 29.3 Å². The molecule has 0 radical (unpaired) electrons. The molecule has 1 aliphatic rings. The Morgan fingerprint density at radius 3 is 2.61 bits per heavy atom. The van der Waals surface area contributed by atoms with Crippen LogP contribution in [-0.4, -0.2) is 69.8 Å². The van der Waals surface area contributed by atoms with Gasteiger partial charge < -0.3 is 10.2 Å². The van der Waals surface area contributed by atoms with Gasteiger partial charge in [-0.3, -0.25) is 5.32 Å². The number of halogens is 2. The van der Waals surface area contributed by atoms with Crippen molar-refractivity contribution in [1.82, 2.24) is 30.6 Å². The number of aromatic nitrogens is 4. The number of nitrogens with one attached hydrogen (secondary N) is 2. The summed E-state index contributed by atoms with van der Waals surface area (Å²) >= 11 is 1.51. The molecule has 1 fully saturated rings. The van der Waals surface area contributed by atoms with E-state index in [-0.39, 0.29) is 12.1 Å². The first-order chi connectivity index (χ1) is 15.1. The Labute approximate surface area is 182 Å². The number of hydrogen-bond donors (Lipinski definition) is 2. The predicted octanol–water partition coefficient (Wildman–Crippen LogP) is 3.35. The lowest BCUT2D eigenvalue weighted by Gasteiger charge is -2.33. The van der Waals surface area contributed by atoms with Gasteiger partial charge >= 0.3 is 6.03 Å². The number of alkyl halides is 2. The maximum atomic E-state index is 12.7. The molecule has 2 aromatic heterocycles. The number of benzene rings is 1. The monoisotopic (exact) mass is 447 g/mol. The molecule has 0 atom stereocenters. The number of anilines is 1. The Bertz CT molecular complexity index is 1050. The summed E-state index contributed by atoms with van der Waals surface area (Å²) in [7, 11) is 0. The number of likely N-dealkylation sites (tertiary alicyclic amines) is 1. The van der Waals surface area contributed by atoms with Crippen LogP contribution in [0.1, 0.15) is 17.8 Å². The van der Waals surface area contributed by atoms with Crippen LogP contribution < -0.4 is 10.6 Å². The number of urea groups is 1. The number of amides is 2. The number of piperidine rings is 1. The maximum Gasteiger partial charge on any atom is 0.323 e. The molecular formula is C20H23F2N7OS. The van der Waals surface area contributed by atoms with E-state index in [1.165, 1.54) is 11.3 Å². The van der Waals surface area contributed by atoms with Gasteiger partial charge in [-0.15, -0.1) is 20.4 Å². The number of nitrogens with zero attached hydrogens (tertiary/aromatic N) is 5. The quantitative estimate of drug-likeness (QED) is 0.602. The zero-order chi connectivity index (χ0) is 21.8. The molecule has 8 nitrogen and oxygen atoms in total. The first-order valence-corrected chi connectivity index (χ1v) is 10.9. The molecule has 0 bridgehead atoms. The highest BCUT2D eigenvalue weighted by Gasteiger charge is 2.25. The van der Waals surface area contributed by atoms with E-state index in [0.717, 1.165) is 21.0 Å². The van der Waals surface area contributed by atoms with Gasteiger partial charge in [0.1, 0.15) is 23.4 Å². The maximum absolute atomic E-state index is 12.7. The number of carbonyl (C=O) groups is 1. The number of rotatable bonds is 6. The van der Waals surface area contributed by atoms with Crippen LogP contribution in [0.25, 0.3) is 21.5 Å². The average Bonchev–Trinajstić information content (AvgIpc) is 3.23. The van der Waals surface area contributed by atoms with Crippen molar-refractivity contribution < 1.29 is 13.6 Å². The Balaban J connectivity index is 1.39. The van der Waals surface area contributed by atoms with Gasteiger partial charge in [-0.05, 0) is 44.0 Å². The van der Waals surface area contributed by atoms with E-state index in [1.807, 2.05) is 25.1 Å². The zero-order valence-electron chi connectivity index (χ0n) is 17.0. The first kappa shape index (κ1) is 21.4. The second-order valence-electron chi connectivity index (χ2n) is 7.49. The van der Waals surface area contributed by atoms with Crippen LogP contribution in [0.15, 0.2) is 24.3 Å². The van der Waals surface area contributed by atoms with Crippen molar-refractivity contribution in [2.24, 2.45) is 0 Å². The summed E-state index contributed by atoms with van der Waals surface area (Å²) in [5.41, 5.74) is 1.64. The van der Waals surface area contributed by atoms with E-state index < -0.39 is 19.4 Å². The van der Waals surface area contributed by atoms with Crippen LogP contribution in [0.5, 0.6) is 0 Å². The summed E-state index contributed by atoms with van der Waals surface area (Å²) in [5.74, 6) is 0.360. The highest BCUT2D eigenvalue weighted by atomic mass is 32.1. The lowest BCUT2D eigenvalue weighted by atomic mass is 10.0. The van der Waals surface area contributed by atoms with Gasteiger partial charge in [0.25, 0.3) is 0 Å². The highest BCUT2D eigenvalue weighted by molar-refractivity contribution is 7.14. The SMILES string of the molecule is Cc1nnc(-c2ccc3nnc(NC(=O)N4CCC(NC(CF)CF)CC4)cc3c2)s1. The van der Waals surface area contributed by atoms with Gasteiger partial charge in [-0.2, -0.15) is 0 Å². The topological polar surface area (TPSA) is 95.9 Å². The van der Waals surface area contributed by atoms with Crippen molar-refractivity contribution in [3.8, 4) is 10.6 Å². The number of carbonyl (C=O) groups excluding carboxylic acids is 1. The smallest absolute Gasteiger partial charge is 0.323 e. The summed E-state index contributed by atoms with van der Waals surface area (Å²) in [4.78, 5) is 14.3. The summed E-state index contributed by atoms with van der Waals surface area (Å²) in [6.07, 6.45) is 1.27. The minimum Gasteiger partial charge on any atom is -0.324 e. The minimum atomic E-state index is -0.771. The highest BCUT2D eigenvalue weighted by Crippen LogP contribution is 2.26. The van der Waals surface area contributed by atoms with Gasteiger partial charge in [-0.25, -0.2) is 13.6 Å². The van der Waals surface area contributed by atoms with E-state index in [9.17, 15) is 13.6 Å². The largest absolute Gasteiger partial charge is 0.324 e. The second kappa shape index (κ2) is 9.56. The number of hydrogen-bond acceptors (Lipinski definition) is 7. The Morgan fingerprint density at radius 1 is 1.16 bits per heavy atom. The fourth-order valence-corrected chi connectivity index (χ4v) is 4.24. The standard InChI is InChI=1S/C20H23F2N7OS/c1-12-25-28-19(31-12)13-2-3-17-14(8-13)9-18(27-26-17)24-20(30)29-6-4-15(5-7-29)23-16(10-21)11-22/h2-3,8-9,15-16,23H,4-7,10-11H2,1H3,(H,24,27,30). The molecule has 1 aromatic carbocycles. The molecule has 164 valence electrons. The number of fused-ring (bicyclic) bond motifs is 1. The lowest BCUT2D eigenvalue weighted by Crippen LogP contribution is -2.49. The van der Waals surface area contributed by atoms with Crippen LogP contribution in [0.3, 0.4) is 0 Å². The van der Waals surface area contributed by atoms with Crippen molar-refractivity contribution in [2.45, 2.75) is 31.8 Å². The number of aryl methyl sites for hydroxylation is 1. The van der Waals surface area contributed by atoms with E-state index >= 15 is 0 Å². The van der Waals surface area contributed by atoms with Crippen molar-refractivity contribution in [2.75, 3.05) is 31.8 Å². The second-order valence-corrected chi connectivity index (χ2v) is 8.67. The summed E-state index contributed by atoms with van der Waals surface area (Å²) in [6, 6.07) is 6.47. The Morgan fingerprint density at radius 2 is 1.94 bits per heavy atom. The summed E-state index contributed by atoms with van der Waals surface area (Å²) < 4.78 is 25.4. The van der Waals surface area contributed by atoms with Crippen LogP contribution in [0, 0.1) is 6.92 Å². The first-order valence-electron chi connectivity index (χ1n) is 10.1. The fourth-order valence-electron chi connectivity index (χ4n) is 3.55.